The van der Waals surface area contributed by atoms with E-state index in [1.807, 2.05) is 30.3 Å². The first-order valence-corrected chi connectivity index (χ1v) is 6.35. The minimum absolute atomic E-state index is 0.129. The van der Waals surface area contributed by atoms with E-state index in [1.165, 1.54) is 5.38 Å². The van der Waals surface area contributed by atoms with E-state index in [4.69, 9.17) is 5.11 Å². The van der Waals surface area contributed by atoms with E-state index in [0.717, 1.165) is 17.1 Å². The monoisotopic (exact) mass is 277 g/mol. The number of nitrogens with zero attached hydrogens (tertiary/aromatic N) is 2. The summed E-state index contributed by atoms with van der Waals surface area (Å²) in [6, 6.07) is 8.12. The fourth-order valence-electron chi connectivity index (χ4n) is 1.55. The van der Waals surface area contributed by atoms with E-state index in [2.05, 4.69) is 14.9 Å². The maximum absolute atomic E-state index is 11.7. The smallest absolute Gasteiger partial charge is 0.326 e. The molecule has 1 atom stereocenters. The molecule has 0 aliphatic heterocycles. The normalized spacial score (nSPS) is 11.8. The standard InChI is InChI=1S/C12H11N3O3S/c16-11(10-7-19-15-14-10)13-9(12(17)18)6-8-4-2-1-3-5-8/h1-5,7,9H,6H2,(H,13,16)(H,17,18). The number of hydrogen-bond acceptors (Lipinski definition) is 5. The molecule has 0 fully saturated rings. The Bertz CT molecular complexity index is 557. The van der Waals surface area contributed by atoms with Crippen molar-refractivity contribution in [2.45, 2.75) is 12.5 Å². The van der Waals surface area contributed by atoms with Crippen LogP contribution in [0.2, 0.25) is 0 Å². The van der Waals surface area contributed by atoms with Gasteiger partial charge in [0.05, 0.1) is 0 Å². The van der Waals surface area contributed by atoms with Gasteiger partial charge in [0.25, 0.3) is 5.91 Å². The Balaban J connectivity index is 2.05. The molecule has 2 rings (SSSR count). The summed E-state index contributed by atoms with van der Waals surface area (Å²) in [5, 5.41) is 16.6. The van der Waals surface area contributed by atoms with Gasteiger partial charge in [-0.05, 0) is 17.1 Å². The van der Waals surface area contributed by atoms with Gasteiger partial charge in [0.1, 0.15) is 6.04 Å². The van der Waals surface area contributed by atoms with Crippen molar-refractivity contribution in [2.24, 2.45) is 0 Å². The Morgan fingerprint density at radius 3 is 2.63 bits per heavy atom. The van der Waals surface area contributed by atoms with Crippen LogP contribution < -0.4 is 5.32 Å². The van der Waals surface area contributed by atoms with E-state index < -0.39 is 17.9 Å². The molecule has 0 radical (unpaired) electrons. The lowest BCUT2D eigenvalue weighted by atomic mass is 10.1. The zero-order valence-electron chi connectivity index (χ0n) is 9.81. The van der Waals surface area contributed by atoms with E-state index >= 15 is 0 Å². The van der Waals surface area contributed by atoms with E-state index in [0.29, 0.717) is 0 Å². The quantitative estimate of drug-likeness (QED) is 0.849. The Labute approximate surface area is 113 Å². The largest absolute Gasteiger partial charge is 0.480 e. The van der Waals surface area contributed by atoms with Crippen LogP contribution in [-0.4, -0.2) is 32.6 Å². The van der Waals surface area contributed by atoms with Crippen LogP contribution in [0.3, 0.4) is 0 Å². The van der Waals surface area contributed by atoms with E-state index in [9.17, 15) is 9.59 Å². The lowest BCUT2D eigenvalue weighted by Crippen LogP contribution is -2.42. The van der Waals surface area contributed by atoms with Crippen molar-refractivity contribution in [3.63, 3.8) is 0 Å². The third-order valence-electron chi connectivity index (χ3n) is 2.48. The number of carboxylic acid groups (broad SMARTS) is 1. The number of carbonyl (C=O) groups is 2. The molecule has 2 aromatic rings. The average molecular weight is 277 g/mol. The van der Waals surface area contributed by atoms with Crippen LogP contribution in [-0.2, 0) is 11.2 Å². The van der Waals surface area contributed by atoms with Crippen molar-refractivity contribution in [1.29, 1.82) is 0 Å². The predicted molar refractivity (Wildman–Crippen MR) is 68.9 cm³/mol. The summed E-state index contributed by atoms with van der Waals surface area (Å²) in [7, 11) is 0. The van der Waals surface area contributed by atoms with E-state index in [1.54, 1.807) is 0 Å². The summed E-state index contributed by atoms with van der Waals surface area (Å²) < 4.78 is 3.56. The number of aliphatic carboxylic acids is 1. The first kappa shape index (κ1) is 13.2. The third kappa shape index (κ3) is 3.59. The Morgan fingerprint density at radius 1 is 1.32 bits per heavy atom. The second kappa shape index (κ2) is 6.05. The van der Waals surface area contributed by atoms with Gasteiger partial charge in [0.15, 0.2) is 5.69 Å². The maximum Gasteiger partial charge on any atom is 0.326 e. The second-order valence-electron chi connectivity index (χ2n) is 3.84. The van der Waals surface area contributed by atoms with E-state index in [-0.39, 0.29) is 12.1 Å². The fourth-order valence-corrected chi connectivity index (χ4v) is 1.98. The van der Waals surface area contributed by atoms with Gasteiger partial charge in [-0.25, -0.2) is 4.79 Å². The van der Waals surface area contributed by atoms with Crippen molar-refractivity contribution < 1.29 is 14.7 Å². The van der Waals surface area contributed by atoms with Gasteiger partial charge < -0.3 is 10.4 Å². The molecule has 0 saturated heterocycles. The highest BCUT2D eigenvalue weighted by atomic mass is 32.1. The molecular formula is C12H11N3O3S. The van der Waals surface area contributed by atoms with Gasteiger partial charge in [-0.2, -0.15) is 0 Å². The van der Waals surface area contributed by atoms with Gasteiger partial charge in [0, 0.05) is 11.8 Å². The molecule has 0 spiro atoms. The first-order valence-electron chi connectivity index (χ1n) is 5.51. The van der Waals surface area contributed by atoms with Crippen LogP contribution in [0, 0.1) is 0 Å². The van der Waals surface area contributed by atoms with Crippen LogP contribution in [0.25, 0.3) is 0 Å². The zero-order valence-corrected chi connectivity index (χ0v) is 10.6. The molecule has 0 saturated carbocycles. The van der Waals surface area contributed by atoms with Crippen LogP contribution in [0.4, 0.5) is 0 Å². The van der Waals surface area contributed by atoms with Gasteiger partial charge >= 0.3 is 5.97 Å². The number of carboxylic acids is 1. The van der Waals surface area contributed by atoms with Gasteiger partial charge in [0.2, 0.25) is 0 Å². The number of nitrogens with one attached hydrogen (secondary N) is 1. The Kier molecular flexibility index (Phi) is 4.19. The van der Waals surface area contributed by atoms with Crippen LogP contribution in [0.15, 0.2) is 35.7 Å². The molecule has 7 heteroatoms. The minimum atomic E-state index is -1.08. The molecule has 0 aliphatic carbocycles. The SMILES string of the molecule is O=C(NC(Cc1ccccc1)C(=O)O)c1csnn1. The highest BCUT2D eigenvalue weighted by Gasteiger charge is 2.22. The summed E-state index contributed by atoms with van der Waals surface area (Å²) in [5.74, 6) is -1.61. The number of amides is 1. The lowest BCUT2D eigenvalue weighted by molar-refractivity contribution is -0.139. The Morgan fingerprint density at radius 2 is 2.05 bits per heavy atom. The van der Waals surface area contributed by atoms with Crippen molar-refractivity contribution in [3.8, 4) is 0 Å². The molecule has 0 bridgehead atoms. The number of hydrogen-bond donors (Lipinski definition) is 2. The number of benzene rings is 1. The van der Waals surface area contributed by atoms with Crippen molar-refractivity contribution in [1.82, 2.24) is 14.9 Å². The highest BCUT2D eigenvalue weighted by Crippen LogP contribution is 2.05. The van der Waals surface area contributed by atoms with Crippen LogP contribution in [0.1, 0.15) is 16.1 Å². The number of rotatable bonds is 5. The third-order valence-corrected chi connectivity index (χ3v) is 2.98. The lowest BCUT2D eigenvalue weighted by Gasteiger charge is -2.13. The topological polar surface area (TPSA) is 92.2 Å². The fraction of sp³-hybridized carbons (Fsp3) is 0.167. The second-order valence-corrected chi connectivity index (χ2v) is 4.45. The average Bonchev–Trinajstić information content (AvgIpc) is 2.93. The van der Waals surface area contributed by atoms with Crippen molar-refractivity contribution >= 4 is 23.4 Å². The number of carbonyl (C=O) groups excluding carboxylic acids is 1. The van der Waals surface area contributed by atoms with Crippen molar-refractivity contribution in [2.75, 3.05) is 0 Å². The molecular weight excluding hydrogens is 266 g/mol. The summed E-state index contributed by atoms with van der Waals surface area (Å²) in [4.78, 5) is 22.9. The molecule has 1 amide bonds. The molecule has 19 heavy (non-hydrogen) atoms. The van der Waals surface area contributed by atoms with Gasteiger partial charge in [-0.15, -0.1) is 5.10 Å². The summed E-state index contributed by atoms with van der Waals surface area (Å²) in [6.45, 7) is 0. The molecule has 1 heterocycles. The first-order chi connectivity index (χ1) is 9.16. The molecule has 6 nitrogen and oxygen atoms in total. The van der Waals surface area contributed by atoms with Gasteiger partial charge in [-0.3, -0.25) is 4.79 Å². The molecule has 0 aliphatic rings. The molecule has 1 aromatic heterocycles. The minimum Gasteiger partial charge on any atom is -0.480 e. The maximum atomic E-state index is 11.7. The molecule has 1 unspecified atom stereocenters. The predicted octanol–water partition coefficient (Wildman–Crippen LogP) is 0.964. The molecule has 1 aromatic carbocycles. The highest BCUT2D eigenvalue weighted by molar-refractivity contribution is 7.03. The van der Waals surface area contributed by atoms with Crippen molar-refractivity contribution in [3.05, 3.63) is 47.0 Å². The van der Waals surface area contributed by atoms with Crippen LogP contribution >= 0.6 is 11.5 Å². The summed E-state index contributed by atoms with van der Waals surface area (Å²) >= 11 is 1.04. The number of aromatic nitrogens is 2. The van der Waals surface area contributed by atoms with Crippen LogP contribution in [0.5, 0.6) is 0 Å². The Hall–Kier alpha value is -2.28. The van der Waals surface area contributed by atoms with Gasteiger partial charge in [-0.1, -0.05) is 34.8 Å². The summed E-state index contributed by atoms with van der Waals surface area (Å²) in [6.07, 6.45) is 0.222. The molecule has 2 N–H and O–H groups in total. The molecule has 98 valence electrons. The zero-order chi connectivity index (χ0) is 13.7. The summed E-state index contributed by atoms with van der Waals surface area (Å²) in [5.41, 5.74) is 0.968.